The Kier molecular flexibility index (Phi) is 5.66. The lowest BCUT2D eigenvalue weighted by atomic mass is 9.94. The minimum Gasteiger partial charge on any atom is -0.497 e. The molecular weight excluding hydrogens is 332 g/mol. The van der Waals surface area contributed by atoms with Crippen molar-refractivity contribution in [3.05, 3.63) is 54.1 Å². The van der Waals surface area contributed by atoms with E-state index in [1.807, 2.05) is 44.4 Å². The van der Waals surface area contributed by atoms with Crippen molar-refractivity contribution in [2.45, 2.75) is 16.6 Å². The molecule has 0 fully saturated rings. The molecule has 1 amide bonds. The second-order valence-electron chi connectivity index (χ2n) is 6.50. The van der Waals surface area contributed by atoms with Crippen molar-refractivity contribution in [1.29, 1.82) is 0 Å². The van der Waals surface area contributed by atoms with Gasteiger partial charge in [0.1, 0.15) is 5.75 Å². The van der Waals surface area contributed by atoms with E-state index in [0.29, 0.717) is 0 Å². The monoisotopic (exact) mass is 356 g/mol. The van der Waals surface area contributed by atoms with Crippen LogP contribution >= 0.6 is 11.8 Å². The molecule has 2 aromatic carbocycles. The lowest BCUT2D eigenvalue weighted by Crippen LogP contribution is -2.29. The number of anilines is 1. The van der Waals surface area contributed by atoms with Gasteiger partial charge in [-0.25, -0.2) is 0 Å². The third-order valence-electron chi connectivity index (χ3n) is 4.43. The van der Waals surface area contributed by atoms with Gasteiger partial charge in [-0.3, -0.25) is 4.79 Å². The molecule has 1 N–H and O–H groups in total. The van der Waals surface area contributed by atoms with E-state index < -0.39 is 0 Å². The topological polar surface area (TPSA) is 41.6 Å². The number of hydrogen-bond donors (Lipinski definition) is 1. The molecule has 1 heterocycles. The van der Waals surface area contributed by atoms with Crippen LogP contribution in [0.4, 0.5) is 5.69 Å². The maximum absolute atomic E-state index is 12.9. The molecule has 1 aliphatic rings. The number of amides is 1. The molecule has 0 saturated carbocycles. The molecule has 0 bridgehead atoms. The lowest BCUT2D eigenvalue weighted by molar-refractivity contribution is -0.120. The number of thioether (sulfide) groups is 1. The lowest BCUT2D eigenvalue weighted by Gasteiger charge is -2.25. The number of nitrogens with one attached hydrogen (secondary N) is 1. The third-order valence-corrected chi connectivity index (χ3v) is 5.90. The van der Waals surface area contributed by atoms with Crippen LogP contribution in [0.3, 0.4) is 0 Å². The molecule has 0 saturated heterocycles. The summed E-state index contributed by atoms with van der Waals surface area (Å²) in [6.07, 6.45) is 0.816. The van der Waals surface area contributed by atoms with Gasteiger partial charge in [0.05, 0.1) is 18.7 Å². The van der Waals surface area contributed by atoms with Crippen LogP contribution in [0.25, 0.3) is 0 Å². The van der Waals surface area contributed by atoms with Gasteiger partial charge in [0.2, 0.25) is 5.91 Å². The van der Waals surface area contributed by atoms with Crippen molar-refractivity contribution in [3.63, 3.8) is 0 Å². The number of nitrogens with zero attached hydrogens (tertiary/aromatic N) is 1. The van der Waals surface area contributed by atoms with Gasteiger partial charge in [-0.1, -0.05) is 24.3 Å². The molecule has 3 rings (SSSR count). The number of hydrogen-bond acceptors (Lipinski definition) is 4. The second-order valence-corrected chi connectivity index (χ2v) is 7.68. The van der Waals surface area contributed by atoms with Crippen LogP contribution in [0.15, 0.2) is 53.4 Å². The summed E-state index contributed by atoms with van der Waals surface area (Å²) in [6.45, 7) is 0.877. The zero-order valence-electron chi connectivity index (χ0n) is 14.9. The molecule has 2 aromatic rings. The molecule has 0 aromatic heterocycles. The van der Waals surface area contributed by atoms with Gasteiger partial charge in [0.15, 0.2) is 0 Å². The summed E-state index contributed by atoms with van der Waals surface area (Å²) in [5.41, 5.74) is 2.06. The molecular formula is C20H24N2O2S. The summed E-state index contributed by atoms with van der Waals surface area (Å²) < 4.78 is 5.27. The molecule has 0 aliphatic carbocycles. The number of methoxy groups -OCH3 is 1. The maximum Gasteiger partial charge on any atom is 0.229 e. The fraction of sp³-hybridized carbons (Fsp3) is 0.350. The average Bonchev–Trinajstić information content (AvgIpc) is 2.75. The summed E-state index contributed by atoms with van der Waals surface area (Å²) in [6, 6.07) is 16.1. The Morgan fingerprint density at radius 1 is 1.12 bits per heavy atom. The van der Waals surface area contributed by atoms with Crippen molar-refractivity contribution in [1.82, 2.24) is 4.90 Å². The van der Waals surface area contributed by atoms with E-state index in [1.165, 1.54) is 0 Å². The predicted molar refractivity (Wildman–Crippen MR) is 103 cm³/mol. The quantitative estimate of drug-likeness (QED) is 0.878. The highest BCUT2D eigenvalue weighted by Gasteiger charge is 2.34. The van der Waals surface area contributed by atoms with Gasteiger partial charge >= 0.3 is 0 Å². The van der Waals surface area contributed by atoms with Gasteiger partial charge in [0, 0.05) is 10.1 Å². The van der Waals surface area contributed by atoms with E-state index in [9.17, 15) is 4.79 Å². The molecule has 5 heteroatoms. The Labute approximate surface area is 153 Å². The molecule has 2 unspecified atom stereocenters. The van der Waals surface area contributed by atoms with E-state index in [2.05, 4.69) is 28.4 Å². The Balaban J connectivity index is 1.96. The first-order valence-corrected chi connectivity index (χ1v) is 9.31. The van der Waals surface area contributed by atoms with Crippen LogP contribution < -0.4 is 10.1 Å². The Morgan fingerprint density at radius 3 is 2.52 bits per heavy atom. The van der Waals surface area contributed by atoms with Crippen LogP contribution in [0, 0.1) is 5.92 Å². The fourth-order valence-electron chi connectivity index (χ4n) is 3.03. The van der Waals surface area contributed by atoms with Crippen molar-refractivity contribution in [2.75, 3.05) is 33.1 Å². The number of fused-ring (bicyclic) bond motifs is 1. The van der Waals surface area contributed by atoms with Crippen molar-refractivity contribution in [3.8, 4) is 5.75 Å². The van der Waals surface area contributed by atoms with Crippen LogP contribution in [0.5, 0.6) is 5.75 Å². The molecule has 0 radical (unpaired) electrons. The Hall–Kier alpha value is -1.98. The predicted octanol–water partition coefficient (Wildman–Crippen LogP) is 4.05. The van der Waals surface area contributed by atoms with E-state index in [1.54, 1.807) is 18.9 Å². The number of ether oxygens (including phenoxy) is 1. The molecule has 2 atom stereocenters. The zero-order chi connectivity index (χ0) is 17.8. The third kappa shape index (κ3) is 4.17. The number of carbonyl (C=O) groups is 1. The van der Waals surface area contributed by atoms with Gasteiger partial charge < -0.3 is 15.0 Å². The van der Waals surface area contributed by atoms with Crippen LogP contribution in [-0.4, -0.2) is 38.6 Å². The summed E-state index contributed by atoms with van der Waals surface area (Å²) in [5, 5.41) is 3.19. The number of benzene rings is 2. The number of carbonyl (C=O) groups excluding carboxylic acids is 1. The van der Waals surface area contributed by atoms with Gasteiger partial charge in [-0.15, -0.1) is 11.8 Å². The van der Waals surface area contributed by atoms with Crippen LogP contribution in [-0.2, 0) is 4.79 Å². The smallest absolute Gasteiger partial charge is 0.229 e. The number of rotatable bonds is 5. The first kappa shape index (κ1) is 17.8. The first-order valence-electron chi connectivity index (χ1n) is 8.43. The maximum atomic E-state index is 12.9. The SMILES string of the molecule is COc1ccc(C2Sc3ccccc3NC(=O)C2CCN(C)C)cc1. The fourth-order valence-corrected chi connectivity index (χ4v) is 4.42. The average molecular weight is 356 g/mol. The van der Waals surface area contributed by atoms with Crippen molar-refractivity contribution in [2.24, 2.45) is 5.92 Å². The standard InChI is InChI=1S/C20H24N2O2S/c1-22(2)13-12-16-19(14-8-10-15(24-3)11-9-14)25-18-7-5-4-6-17(18)21-20(16)23/h4-11,16,19H,12-13H2,1-3H3,(H,21,23). The molecule has 4 nitrogen and oxygen atoms in total. The summed E-state index contributed by atoms with van der Waals surface area (Å²) in [4.78, 5) is 16.2. The second kappa shape index (κ2) is 7.93. The Morgan fingerprint density at radius 2 is 1.84 bits per heavy atom. The van der Waals surface area contributed by atoms with Gasteiger partial charge in [-0.05, 0) is 56.9 Å². The summed E-state index contributed by atoms with van der Waals surface area (Å²) in [5.74, 6) is 0.838. The Bertz CT molecular complexity index is 731. The highest BCUT2D eigenvalue weighted by molar-refractivity contribution is 7.99. The first-order chi connectivity index (χ1) is 12.1. The van der Waals surface area contributed by atoms with Gasteiger partial charge in [-0.2, -0.15) is 0 Å². The van der Waals surface area contributed by atoms with Crippen molar-refractivity contribution >= 4 is 23.4 Å². The largest absolute Gasteiger partial charge is 0.497 e. The highest BCUT2D eigenvalue weighted by atomic mass is 32.2. The van der Waals surface area contributed by atoms with Crippen molar-refractivity contribution < 1.29 is 9.53 Å². The van der Waals surface area contributed by atoms with E-state index in [0.717, 1.165) is 34.9 Å². The molecule has 1 aliphatic heterocycles. The summed E-state index contributed by atoms with van der Waals surface area (Å²) in [7, 11) is 5.75. The van der Waals surface area contributed by atoms with E-state index in [4.69, 9.17) is 4.74 Å². The van der Waals surface area contributed by atoms with Crippen LogP contribution in [0.2, 0.25) is 0 Å². The minimum absolute atomic E-state index is 0.0782. The van der Waals surface area contributed by atoms with Gasteiger partial charge in [0.25, 0.3) is 0 Å². The van der Waals surface area contributed by atoms with E-state index in [-0.39, 0.29) is 17.1 Å². The minimum atomic E-state index is -0.0896. The zero-order valence-corrected chi connectivity index (χ0v) is 15.7. The number of para-hydroxylation sites is 1. The van der Waals surface area contributed by atoms with Crippen LogP contribution in [0.1, 0.15) is 17.2 Å². The van der Waals surface area contributed by atoms with E-state index >= 15 is 0 Å². The normalized spacial score (nSPS) is 19.9. The molecule has 132 valence electrons. The summed E-state index contributed by atoms with van der Waals surface area (Å²) >= 11 is 1.77. The molecule has 0 spiro atoms. The molecule has 25 heavy (non-hydrogen) atoms. The highest BCUT2D eigenvalue weighted by Crippen LogP contribution is 2.47.